The summed E-state index contributed by atoms with van der Waals surface area (Å²) in [4.78, 5) is 0. The van der Waals surface area contributed by atoms with Crippen molar-refractivity contribution in [3.05, 3.63) is 132 Å². The first-order chi connectivity index (χ1) is 24.1. The van der Waals surface area contributed by atoms with Crippen molar-refractivity contribution in [1.82, 2.24) is 0 Å². The number of para-hydroxylation sites is 2. The molecule has 242 valence electrons. The van der Waals surface area contributed by atoms with Crippen LogP contribution in [0.25, 0.3) is 98.4 Å². The molecule has 2 heterocycles. The molecule has 0 aliphatic heterocycles. The second-order valence-corrected chi connectivity index (χ2v) is 12.6. The Kier molecular flexibility index (Phi) is 5.66. The maximum Gasteiger partial charge on any atom is 0.416 e. The van der Waals surface area contributed by atoms with Crippen LogP contribution in [-0.4, -0.2) is 0 Å². The molecule has 2 nitrogen and oxygen atoms in total. The van der Waals surface area contributed by atoms with Crippen molar-refractivity contribution in [2.24, 2.45) is 0 Å². The van der Waals surface area contributed by atoms with Gasteiger partial charge in [-0.3, -0.25) is 0 Å². The topological polar surface area (TPSA) is 26.3 Å². The fourth-order valence-corrected chi connectivity index (χ4v) is 7.78. The largest absolute Gasteiger partial charge is 0.455 e. The van der Waals surface area contributed by atoms with Crippen LogP contribution in [0.1, 0.15) is 11.1 Å². The quantitative estimate of drug-likeness (QED) is 0.135. The van der Waals surface area contributed by atoms with E-state index in [0.717, 1.165) is 89.3 Å². The molecule has 0 unspecified atom stereocenters. The first-order valence-corrected chi connectivity index (χ1v) is 15.8. The van der Waals surface area contributed by atoms with Crippen molar-refractivity contribution in [3.8, 4) is 22.3 Å². The van der Waals surface area contributed by atoms with Gasteiger partial charge < -0.3 is 8.83 Å². The van der Waals surface area contributed by atoms with Gasteiger partial charge in [0.25, 0.3) is 0 Å². The third-order valence-electron chi connectivity index (χ3n) is 9.88. The Morgan fingerprint density at radius 3 is 1.08 bits per heavy atom. The monoisotopic (exact) mass is 670 g/mol. The molecule has 0 fully saturated rings. The van der Waals surface area contributed by atoms with Gasteiger partial charge in [-0.2, -0.15) is 26.3 Å². The van der Waals surface area contributed by atoms with Crippen LogP contribution in [0.3, 0.4) is 0 Å². The fraction of sp³-hybridized carbons (Fsp3) is 0.0476. The highest BCUT2D eigenvalue weighted by Crippen LogP contribution is 2.52. The van der Waals surface area contributed by atoms with E-state index in [1.807, 2.05) is 72.8 Å². The van der Waals surface area contributed by atoms with E-state index in [0.29, 0.717) is 33.5 Å². The zero-order chi connectivity index (χ0) is 34.1. The summed E-state index contributed by atoms with van der Waals surface area (Å²) in [5.74, 6) is 0. The predicted molar refractivity (Wildman–Crippen MR) is 186 cm³/mol. The van der Waals surface area contributed by atoms with E-state index in [-0.39, 0.29) is 0 Å². The van der Waals surface area contributed by atoms with Gasteiger partial charge in [0.1, 0.15) is 22.3 Å². The normalized spacial score (nSPS) is 13.0. The second-order valence-electron chi connectivity index (χ2n) is 12.6. The third kappa shape index (κ3) is 3.93. The van der Waals surface area contributed by atoms with Crippen molar-refractivity contribution in [3.63, 3.8) is 0 Å². The summed E-state index contributed by atoms with van der Waals surface area (Å²) >= 11 is 0. The Hall–Kier alpha value is -6.02. The maximum atomic E-state index is 13.6. The zero-order valence-corrected chi connectivity index (χ0v) is 25.6. The van der Waals surface area contributed by atoms with Gasteiger partial charge in [-0.15, -0.1) is 0 Å². The summed E-state index contributed by atoms with van der Waals surface area (Å²) in [6, 6.07) is 33.3. The van der Waals surface area contributed by atoms with Gasteiger partial charge in [0, 0.05) is 54.2 Å². The minimum Gasteiger partial charge on any atom is -0.455 e. The number of halogens is 6. The molecule has 8 heteroatoms. The van der Waals surface area contributed by atoms with Gasteiger partial charge in [-0.25, -0.2) is 0 Å². The molecule has 0 spiro atoms. The van der Waals surface area contributed by atoms with Crippen molar-refractivity contribution >= 4 is 76.2 Å². The Balaban J connectivity index is 1.41. The highest BCUT2D eigenvalue weighted by Gasteiger charge is 2.32. The second kappa shape index (κ2) is 9.79. The summed E-state index contributed by atoms with van der Waals surface area (Å²) in [6.07, 6.45) is -8.99. The molecular weight excluding hydrogens is 650 g/mol. The molecule has 0 atom stereocenters. The number of furan rings is 2. The van der Waals surface area contributed by atoms with E-state index in [1.54, 1.807) is 0 Å². The minimum atomic E-state index is -4.49. The van der Waals surface area contributed by atoms with Gasteiger partial charge in [0.15, 0.2) is 0 Å². The number of hydrogen-bond donors (Lipinski definition) is 0. The summed E-state index contributed by atoms with van der Waals surface area (Å²) in [5.41, 5.74) is 3.57. The van der Waals surface area contributed by atoms with Crippen molar-refractivity contribution < 1.29 is 35.2 Å². The summed E-state index contributed by atoms with van der Waals surface area (Å²) < 4.78 is 94.9. The zero-order valence-electron chi connectivity index (χ0n) is 25.6. The lowest BCUT2D eigenvalue weighted by Gasteiger charge is -2.19. The standard InChI is InChI=1S/C42H20F6O2/c43-41(44,45)23-13-9-21(10-14-23)33-27-17-20-30-36-28(18-19-29(35(27)36)39-37(33)25-5-1-3-7-31(25)49-39)34(22-11-15-24(16-12-22)42(46,47)48)38-26-6-2-4-8-32(26)50-40(30)38/h1-20H. The predicted octanol–water partition coefficient (Wildman–Crippen LogP) is 13.8. The highest BCUT2D eigenvalue weighted by molar-refractivity contribution is 6.40. The van der Waals surface area contributed by atoms with Crippen LogP contribution in [0, 0.1) is 0 Å². The van der Waals surface area contributed by atoms with Crippen LogP contribution in [0.4, 0.5) is 26.3 Å². The maximum absolute atomic E-state index is 13.6. The molecule has 10 aromatic rings. The molecule has 0 saturated carbocycles. The van der Waals surface area contributed by atoms with E-state index in [4.69, 9.17) is 8.83 Å². The molecule has 0 bridgehead atoms. The molecule has 0 amide bonds. The van der Waals surface area contributed by atoms with E-state index in [2.05, 4.69) is 0 Å². The van der Waals surface area contributed by atoms with E-state index < -0.39 is 23.5 Å². The van der Waals surface area contributed by atoms with Gasteiger partial charge in [0.05, 0.1) is 11.1 Å². The molecule has 2 aromatic heterocycles. The molecule has 50 heavy (non-hydrogen) atoms. The summed E-state index contributed by atoms with van der Waals surface area (Å²) in [7, 11) is 0. The Labute approximate surface area is 278 Å². The number of fused-ring (bicyclic) bond motifs is 8. The lowest BCUT2D eigenvalue weighted by molar-refractivity contribution is -0.138. The highest BCUT2D eigenvalue weighted by atomic mass is 19.4. The molecule has 0 radical (unpaired) electrons. The Morgan fingerprint density at radius 1 is 0.340 bits per heavy atom. The van der Waals surface area contributed by atoms with Crippen molar-refractivity contribution in [2.45, 2.75) is 12.4 Å². The van der Waals surface area contributed by atoms with Gasteiger partial charge >= 0.3 is 12.4 Å². The van der Waals surface area contributed by atoms with Crippen LogP contribution >= 0.6 is 0 Å². The van der Waals surface area contributed by atoms with Gasteiger partial charge in [0.2, 0.25) is 0 Å². The van der Waals surface area contributed by atoms with Crippen molar-refractivity contribution in [1.29, 1.82) is 0 Å². The molecule has 0 aliphatic rings. The first-order valence-electron chi connectivity index (χ1n) is 15.8. The average Bonchev–Trinajstić information content (AvgIpc) is 3.69. The summed E-state index contributed by atoms with van der Waals surface area (Å²) in [5, 5.41) is 8.04. The first kappa shape index (κ1) is 28.9. The van der Waals surface area contributed by atoms with Crippen LogP contribution in [0.15, 0.2) is 130 Å². The fourth-order valence-electron chi connectivity index (χ4n) is 7.78. The van der Waals surface area contributed by atoms with Crippen LogP contribution in [-0.2, 0) is 12.4 Å². The van der Waals surface area contributed by atoms with E-state index in [9.17, 15) is 26.3 Å². The number of alkyl halides is 6. The van der Waals surface area contributed by atoms with Crippen LogP contribution < -0.4 is 0 Å². The lowest BCUT2D eigenvalue weighted by Crippen LogP contribution is -2.04. The van der Waals surface area contributed by atoms with Gasteiger partial charge in [-0.05, 0) is 70.4 Å². The van der Waals surface area contributed by atoms with Crippen LogP contribution in [0.5, 0.6) is 0 Å². The number of rotatable bonds is 2. The molecule has 10 rings (SSSR count). The molecular formula is C42H20F6O2. The summed E-state index contributed by atoms with van der Waals surface area (Å²) in [6.45, 7) is 0. The third-order valence-corrected chi connectivity index (χ3v) is 9.88. The number of benzene rings is 8. The van der Waals surface area contributed by atoms with Crippen LogP contribution in [0.2, 0.25) is 0 Å². The molecule has 0 N–H and O–H groups in total. The molecule has 0 aliphatic carbocycles. The minimum absolute atomic E-state index is 0.587. The molecule has 0 saturated heterocycles. The molecule has 8 aromatic carbocycles. The smallest absolute Gasteiger partial charge is 0.416 e. The lowest BCUT2D eigenvalue weighted by atomic mass is 9.83. The van der Waals surface area contributed by atoms with E-state index >= 15 is 0 Å². The Bertz CT molecular complexity index is 2770. The van der Waals surface area contributed by atoms with E-state index in [1.165, 1.54) is 24.3 Å². The van der Waals surface area contributed by atoms with Gasteiger partial charge in [-0.1, -0.05) is 72.8 Å². The number of hydrogen-bond acceptors (Lipinski definition) is 2. The average molecular weight is 671 g/mol. The Morgan fingerprint density at radius 2 is 0.700 bits per heavy atom. The van der Waals surface area contributed by atoms with Crippen molar-refractivity contribution in [2.75, 3.05) is 0 Å². The SMILES string of the molecule is FC(F)(F)c1ccc(-c2c3ccc4c5oc6ccccc6c5c(-c5ccc(C(F)(F)F)cc5)c5ccc(c6oc7ccccc7c26)c3c54)cc1.